The SMILES string of the molecule is COC(=O)c1cc2ccccc2n1CC(N)C(=O)OC(C)(C)C. The molecule has 2 rings (SSSR count). The Labute approximate surface area is 135 Å². The minimum Gasteiger partial charge on any atom is -0.464 e. The minimum absolute atomic E-state index is 0.132. The lowest BCUT2D eigenvalue weighted by atomic mass is 10.2. The van der Waals surface area contributed by atoms with E-state index in [4.69, 9.17) is 15.2 Å². The summed E-state index contributed by atoms with van der Waals surface area (Å²) in [4.78, 5) is 24.1. The normalized spacial score (nSPS) is 12.9. The number of aromatic nitrogens is 1. The van der Waals surface area contributed by atoms with Crippen LogP contribution in [0, 0.1) is 0 Å². The Bertz CT molecular complexity index is 728. The second-order valence-electron chi connectivity index (χ2n) is 6.33. The van der Waals surface area contributed by atoms with E-state index in [-0.39, 0.29) is 6.54 Å². The average Bonchev–Trinajstić information content (AvgIpc) is 2.83. The summed E-state index contributed by atoms with van der Waals surface area (Å²) in [7, 11) is 1.32. The van der Waals surface area contributed by atoms with Crippen LogP contribution in [0.15, 0.2) is 30.3 Å². The van der Waals surface area contributed by atoms with Gasteiger partial charge in [0, 0.05) is 17.4 Å². The lowest BCUT2D eigenvalue weighted by Crippen LogP contribution is -2.40. The fourth-order valence-electron chi connectivity index (χ4n) is 2.33. The number of methoxy groups -OCH3 is 1. The summed E-state index contributed by atoms with van der Waals surface area (Å²) in [6.45, 7) is 5.47. The van der Waals surface area contributed by atoms with E-state index in [1.165, 1.54) is 7.11 Å². The summed E-state index contributed by atoms with van der Waals surface area (Å²) in [6, 6.07) is 8.33. The summed E-state index contributed by atoms with van der Waals surface area (Å²) in [5, 5.41) is 0.879. The first-order chi connectivity index (χ1) is 10.7. The molecule has 1 aromatic carbocycles. The zero-order chi connectivity index (χ0) is 17.2. The minimum atomic E-state index is -0.881. The quantitative estimate of drug-likeness (QED) is 0.873. The molecule has 124 valence electrons. The van der Waals surface area contributed by atoms with Crippen molar-refractivity contribution in [1.29, 1.82) is 0 Å². The average molecular weight is 318 g/mol. The van der Waals surface area contributed by atoms with Gasteiger partial charge in [-0.25, -0.2) is 4.79 Å². The predicted octanol–water partition coefficient (Wildman–Crippen LogP) is 2.10. The van der Waals surface area contributed by atoms with Crippen molar-refractivity contribution in [2.45, 2.75) is 39.0 Å². The third-order valence-corrected chi connectivity index (χ3v) is 3.29. The number of hydrogen-bond acceptors (Lipinski definition) is 5. The number of fused-ring (bicyclic) bond motifs is 1. The van der Waals surface area contributed by atoms with Crippen LogP contribution in [-0.2, 0) is 20.8 Å². The highest BCUT2D eigenvalue weighted by Crippen LogP contribution is 2.21. The van der Waals surface area contributed by atoms with Gasteiger partial charge in [0.2, 0.25) is 0 Å². The van der Waals surface area contributed by atoms with Gasteiger partial charge in [-0.1, -0.05) is 18.2 Å². The Kier molecular flexibility index (Phi) is 4.75. The topological polar surface area (TPSA) is 83.5 Å². The molecule has 0 saturated heterocycles. The van der Waals surface area contributed by atoms with E-state index in [9.17, 15) is 9.59 Å². The Morgan fingerprint density at radius 2 is 1.91 bits per heavy atom. The van der Waals surface area contributed by atoms with Gasteiger partial charge in [0.25, 0.3) is 0 Å². The molecule has 0 radical (unpaired) electrons. The van der Waals surface area contributed by atoms with Crippen molar-refractivity contribution in [2.75, 3.05) is 7.11 Å². The first kappa shape index (κ1) is 17.0. The molecule has 6 heteroatoms. The first-order valence-electron chi connectivity index (χ1n) is 7.38. The van der Waals surface area contributed by atoms with Gasteiger partial charge in [0.1, 0.15) is 17.3 Å². The lowest BCUT2D eigenvalue weighted by molar-refractivity contribution is -0.156. The summed E-state index contributed by atoms with van der Waals surface area (Å²) in [6.07, 6.45) is 0. The van der Waals surface area contributed by atoms with Gasteiger partial charge < -0.3 is 19.8 Å². The third-order valence-electron chi connectivity index (χ3n) is 3.29. The number of esters is 2. The van der Waals surface area contributed by atoms with E-state index in [1.54, 1.807) is 31.4 Å². The molecule has 2 N–H and O–H groups in total. The maximum atomic E-state index is 12.1. The van der Waals surface area contributed by atoms with Gasteiger partial charge in [0.05, 0.1) is 7.11 Å². The summed E-state index contributed by atoms with van der Waals surface area (Å²) >= 11 is 0. The second kappa shape index (κ2) is 6.42. The third kappa shape index (κ3) is 3.90. The van der Waals surface area contributed by atoms with Gasteiger partial charge in [-0.3, -0.25) is 4.79 Å². The maximum absolute atomic E-state index is 12.1. The molecule has 23 heavy (non-hydrogen) atoms. The van der Waals surface area contributed by atoms with E-state index in [0.29, 0.717) is 5.69 Å². The van der Waals surface area contributed by atoms with Gasteiger partial charge in [-0.2, -0.15) is 0 Å². The highest BCUT2D eigenvalue weighted by Gasteiger charge is 2.25. The van der Waals surface area contributed by atoms with Crippen molar-refractivity contribution < 1.29 is 19.1 Å². The predicted molar refractivity (Wildman–Crippen MR) is 87.1 cm³/mol. The number of hydrogen-bond donors (Lipinski definition) is 1. The molecular formula is C17H22N2O4. The van der Waals surface area contributed by atoms with E-state index < -0.39 is 23.6 Å². The van der Waals surface area contributed by atoms with Crippen molar-refractivity contribution in [1.82, 2.24) is 4.57 Å². The Morgan fingerprint density at radius 1 is 1.26 bits per heavy atom. The first-order valence-corrected chi connectivity index (χ1v) is 7.38. The van der Waals surface area contributed by atoms with Crippen LogP contribution < -0.4 is 5.73 Å². The number of carbonyl (C=O) groups is 2. The lowest BCUT2D eigenvalue weighted by Gasteiger charge is -2.23. The van der Waals surface area contributed by atoms with Crippen LogP contribution in [0.4, 0.5) is 0 Å². The van der Waals surface area contributed by atoms with Gasteiger partial charge >= 0.3 is 11.9 Å². The number of nitrogens with zero attached hydrogens (tertiary/aromatic N) is 1. The molecule has 2 aromatic rings. The zero-order valence-electron chi connectivity index (χ0n) is 13.8. The number of benzene rings is 1. The van der Waals surface area contributed by atoms with Crippen LogP contribution in [0.25, 0.3) is 10.9 Å². The standard InChI is InChI=1S/C17H22N2O4/c1-17(2,3)23-15(20)12(18)10-19-13-8-6-5-7-11(13)9-14(19)16(21)22-4/h5-9,12H,10,18H2,1-4H3. The number of carbonyl (C=O) groups excluding carboxylic acids is 2. The Balaban J connectivity index is 2.34. The molecule has 0 aliphatic carbocycles. The van der Waals surface area contributed by atoms with Crippen LogP contribution in [0.3, 0.4) is 0 Å². The molecule has 1 aromatic heterocycles. The summed E-state index contributed by atoms with van der Waals surface area (Å²) in [5.41, 5.74) is 6.52. The molecule has 0 bridgehead atoms. The van der Waals surface area contributed by atoms with Crippen LogP contribution in [-0.4, -0.2) is 35.3 Å². The molecule has 0 spiro atoms. The van der Waals surface area contributed by atoms with Crippen molar-refractivity contribution in [3.05, 3.63) is 36.0 Å². The smallest absolute Gasteiger partial charge is 0.354 e. The molecular weight excluding hydrogens is 296 g/mol. The fourth-order valence-corrected chi connectivity index (χ4v) is 2.33. The van der Waals surface area contributed by atoms with E-state index in [0.717, 1.165) is 10.9 Å². The van der Waals surface area contributed by atoms with Crippen LogP contribution in [0.1, 0.15) is 31.3 Å². The summed E-state index contributed by atoms with van der Waals surface area (Å²) < 4.78 is 11.8. The fraction of sp³-hybridized carbons (Fsp3) is 0.412. The Hall–Kier alpha value is -2.34. The second-order valence-corrected chi connectivity index (χ2v) is 6.33. The van der Waals surface area contributed by atoms with Gasteiger partial charge in [-0.05, 0) is 32.9 Å². The number of ether oxygens (including phenoxy) is 2. The van der Waals surface area contributed by atoms with Crippen LogP contribution in [0.5, 0.6) is 0 Å². The largest absolute Gasteiger partial charge is 0.464 e. The van der Waals surface area contributed by atoms with Crippen LogP contribution >= 0.6 is 0 Å². The van der Waals surface area contributed by atoms with Crippen LogP contribution in [0.2, 0.25) is 0 Å². The zero-order valence-corrected chi connectivity index (χ0v) is 13.8. The highest BCUT2D eigenvalue weighted by molar-refractivity contribution is 5.95. The Morgan fingerprint density at radius 3 is 2.52 bits per heavy atom. The van der Waals surface area contributed by atoms with Crippen molar-refractivity contribution in [3.8, 4) is 0 Å². The maximum Gasteiger partial charge on any atom is 0.354 e. The molecule has 0 aliphatic heterocycles. The van der Waals surface area contributed by atoms with E-state index in [2.05, 4.69) is 0 Å². The van der Waals surface area contributed by atoms with Crippen molar-refractivity contribution >= 4 is 22.8 Å². The molecule has 1 unspecified atom stereocenters. The van der Waals surface area contributed by atoms with E-state index in [1.807, 2.05) is 24.3 Å². The monoisotopic (exact) mass is 318 g/mol. The van der Waals surface area contributed by atoms with E-state index >= 15 is 0 Å². The molecule has 1 atom stereocenters. The molecule has 0 aliphatic rings. The molecule has 0 saturated carbocycles. The molecule has 1 heterocycles. The molecule has 6 nitrogen and oxygen atoms in total. The van der Waals surface area contributed by atoms with Gasteiger partial charge in [-0.15, -0.1) is 0 Å². The van der Waals surface area contributed by atoms with Crippen molar-refractivity contribution in [3.63, 3.8) is 0 Å². The van der Waals surface area contributed by atoms with Gasteiger partial charge in [0.15, 0.2) is 0 Å². The molecule has 0 amide bonds. The number of rotatable bonds is 4. The highest BCUT2D eigenvalue weighted by atomic mass is 16.6. The number of nitrogens with two attached hydrogens (primary N) is 1. The number of para-hydroxylation sites is 1. The summed E-state index contributed by atoms with van der Waals surface area (Å²) in [5.74, 6) is -0.983. The molecule has 0 fully saturated rings. The van der Waals surface area contributed by atoms with Crippen molar-refractivity contribution in [2.24, 2.45) is 5.73 Å².